The summed E-state index contributed by atoms with van der Waals surface area (Å²) in [6, 6.07) is 15.2. The summed E-state index contributed by atoms with van der Waals surface area (Å²) in [6.45, 7) is 0. The minimum Gasteiger partial charge on any atom is -0.480 e. The van der Waals surface area contributed by atoms with Crippen LogP contribution < -0.4 is 10.1 Å². The number of tetrazole rings is 1. The van der Waals surface area contributed by atoms with Gasteiger partial charge in [0.1, 0.15) is 23.7 Å². The second-order valence-corrected chi connectivity index (χ2v) is 7.72. The molecule has 4 aromatic rings. The van der Waals surface area contributed by atoms with Crippen molar-refractivity contribution in [3.8, 4) is 5.75 Å². The molecule has 152 valence electrons. The van der Waals surface area contributed by atoms with Gasteiger partial charge in [0.25, 0.3) is 0 Å². The van der Waals surface area contributed by atoms with Crippen LogP contribution in [0.4, 0.5) is 10.3 Å². The fraction of sp³-hybridized carbons (Fsp3) is 0.0909. The Morgan fingerprint density at radius 2 is 1.97 bits per heavy atom. The minimum absolute atomic E-state index is 0.338. The summed E-state index contributed by atoms with van der Waals surface area (Å²) in [5.74, 6) is 0.782. The van der Waals surface area contributed by atoms with E-state index < -0.39 is 12.1 Å². The number of nitrogens with one attached hydrogen (secondary N) is 1. The molecule has 0 fully saturated rings. The normalized spacial score (nSPS) is 19.0. The summed E-state index contributed by atoms with van der Waals surface area (Å²) < 4.78 is 22.2. The third-order valence-electron chi connectivity index (χ3n) is 5.45. The van der Waals surface area contributed by atoms with Crippen LogP contribution in [0, 0.1) is 5.82 Å². The van der Waals surface area contributed by atoms with Crippen molar-refractivity contribution in [3.63, 3.8) is 0 Å². The SMILES string of the molecule is Fc1cccc([C@@H]2Oc3ccc(Cl)cc3C3=C2[C@@H](c2cccnc2)n2nnnc2N3)c1. The Morgan fingerprint density at radius 1 is 1.06 bits per heavy atom. The monoisotopic (exact) mass is 432 g/mol. The van der Waals surface area contributed by atoms with E-state index in [2.05, 4.69) is 25.8 Å². The maximum atomic E-state index is 14.2. The van der Waals surface area contributed by atoms with Crippen LogP contribution in [0.5, 0.6) is 5.75 Å². The highest BCUT2D eigenvalue weighted by molar-refractivity contribution is 6.30. The fourth-order valence-electron chi connectivity index (χ4n) is 4.17. The number of ether oxygens (including phenoxy) is 1. The molecule has 2 aromatic carbocycles. The molecular weight excluding hydrogens is 419 g/mol. The van der Waals surface area contributed by atoms with Crippen molar-refractivity contribution in [2.75, 3.05) is 5.32 Å². The van der Waals surface area contributed by atoms with E-state index in [4.69, 9.17) is 16.3 Å². The first-order chi connectivity index (χ1) is 15.2. The van der Waals surface area contributed by atoms with Crippen molar-refractivity contribution in [2.24, 2.45) is 0 Å². The molecule has 0 unspecified atom stereocenters. The first-order valence-electron chi connectivity index (χ1n) is 9.60. The van der Waals surface area contributed by atoms with E-state index >= 15 is 0 Å². The summed E-state index contributed by atoms with van der Waals surface area (Å²) in [6.07, 6.45) is 2.90. The number of nitrogens with zero attached hydrogens (tertiary/aromatic N) is 5. The van der Waals surface area contributed by atoms with Gasteiger partial charge >= 0.3 is 0 Å². The molecule has 0 saturated carbocycles. The van der Waals surface area contributed by atoms with Gasteiger partial charge in [-0.3, -0.25) is 4.98 Å². The maximum absolute atomic E-state index is 14.2. The predicted molar refractivity (Wildman–Crippen MR) is 112 cm³/mol. The van der Waals surface area contributed by atoms with Crippen LogP contribution in [-0.4, -0.2) is 25.2 Å². The molecule has 4 heterocycles. The molecule has 0 radical (unpaired) electrons. The highest BCUT2D eigenvalue weighted by atomic mass is 35.5. The van der Waals surface area contributed by atoms with Crippen molar-refractivity contribution in [3.05, 3.63) is 100 Å². The Balaban J connectivity index is 1.65. The highest BCUT2D eigenvalue weighted by Gasteiger charge is 2.41. The van der Waals surface area contributed by atoms with Crippen molar-refractivity contribution in [1.82, 2.24) is 25.2 Å². The van der Waals surface area contributed by atoms with E-state index in [0.29, 0.717) is 22.3 Å². The third kappa shape index (κ3) is 2.87. The number of rotatable bonds is 2. The summed E-state index contributed by atoms with van der Waals surface area (Å²) in [5, 5.41) is 16.1. The van der Waals surface area contributed by atoms with Gasteiger partial charge in [-0.1, -0.05) is 34.9 Å². The topological polar surface area (TPSA) is 77.8 Å². The molecule has 31 heavy (non-hydrogen) atoms. The minimum atomic E-state index is -0.575. The number of aromatic nitrogens is 5. The summed E-state index contributed by atoms with van der Waals surface area (Å²) in [7, 11) is 0. The van der Waals surface area contributed by atoms with Crippen molar-refractivity contribution in [2.45, 2.75) is 12.1 Å². The lowest BCUT2D eigenvalue weighted by molar-refractivity contribution is 0.222. The Hall–Kier alpha value is -3.78. The van der Waals surface area contributed by atoms with Gasteiger partial charge in [0.2, 0.25) is 5.95 Å². The average Bonchev–Trinajstić information content (AvgIpc) is 3.26. The zero-order valence-electron chi connectivity index (χ0n) is 15.9. The van der Waals surface area contributed by atoms with Gasteiger partial charge < -0.3 is 10.1 Å². The van der Waals surface area contributed by atoms with Crippen molar-refractivity contribution in [1.29, 1.82) is 0 Å². The first kappa shape index (κ1) is 18.0. The lowest BCUT2D eigenvalue weighted by atomic mass is 9.85. The van der Waals surface area contributed by atoms with Crippen LogP contribution in [0.25, 0.3) is 5.70 Å². The predicted octanol–water partition coefficient (Wildman–Crippen LogP) is 4.42. The molecule has 0 amide bonds. The zero-order chi connectivity index (χ0) is 20.9. The Bertz CT molecular complexity index is 1340. The quantitative estimate of drug-likeness (QED) is 0.505. The molecule has 2 aliphatic heterocycles. The lowest BCUT2D eigenvalue weighted by Crippen LogP contribution is -2.32. The number of fused-ring (bicyclic) bond motifs is 3. The van der Waals surface area contributed by atoms with Gasteiger partial charge in [-0.2, -0.15) is 4.68 Å². The summed E-state index contributed by atoms with van der Waals surface area (Å²) >= 11 is 6.30. The summed E-state index contributed by atoms with van der Waals surface area (Å²) in [4.78, 5) is 4.28. The molecule has 6 rings (SSSR count). The van der Waals surface area contributed by atoms with E-state index in [-0.39, 0.29) is 5.82 Å². The van der Waals surface area contributed by atoms with Crippen LogP contribution in [0.15, 0.2) is 72.6 Å². The molecule has 0 bridgehead atoms. The fourth-order valence-corrected chi connectivity index (χ4v) is 4.34. The second kappa shape index (κ2) is 6.88. The molecule has 2 aromatic heterocycles. The molecule has 1 N–H and O–H groups in total. The molecule has 0 aliphatic carbocycles. The van der Waals surface area contributed by atoms with Gasteiger partial charge in [-0.25, -0.2) is 4.39 Å². The van der Waals surface area contributed by atoms with Crippen molar-refractivity contribution >= 4 is 23.2 Å². The number of hydrogen-bond acceptors (Lipinski definition) is 6. The van der Waals surface area contributed by atoms with Crippen molar-refractivity contribution < 1.29 is 9.13 Å². The zero-order valence-corrected chi connectivity index (χ0v) is 16.7. The van der Waals surface area contributed by atoms with E-state index in [1.165, 1.54) is 12.1 Å². The largest absolute Gasteiger partial charge is 0.480 e. The van der Waals surface area contributed by atoms with E-state index in [1.807, 2.05) is 30.3 Å². The van der Waals surface area contributed by atoms with Gasteiger partial charge in [0.15, 0.2) is 0 Å². The number of pyridine rings is 1. The van der Waals surface area contributed by atoms with Gasteiger partial charge in [0, 0.05) is 28.6 Å². The Kier molecular flexibility index (Phi) is 4.00. The Labute approximate surface area is 181 Å². The van der Waals surface area contributed by atoms with Crippen LogP contribution in [0.1, 0.15) is 28.8 Å². The highest BCUT2D eigenvalue weighted by Crippen LogP contribution is 2.50. The van der Waals surface area contributed by atoms with Crippen LogP contribution in [-0.2, 0) is 0 Å². The van der Waals surface area contributed by atoms with Gasteiger partial charge in [-0.05, 0) is 58.0 Å². The molecule has 0 saturated heterocycles. The Morgan fingerprint density at radius 3 is 2.81 bits per heavy atom. The molecule has 2 aliphatic rings. The third-order valence-corrected chi connectivity index (χ3v) is 5.68. The molecule has 2 atom stereocenters. The summed E-state index contributed by atoms with van der Waals surface area (Å²) in [5.41, 5.74) is 3.97. The van der Waals surface area contributed by atoms with Crippen LogP contribution >= 0.6 is 11.6 Å². The number of halogens is 2. The molecule has 7 nitrogen and oxygen atoms in total. The number of anilines is 1. The number of hydrogen-bond donors (Lipinski definition) is 1. The first-order valence-corrected chi connectivity index (χ1v) is 9.98. The van der Waals surface area contributed by atoms with Crippen LogP contribution in [0.2, 0.25) is 5.02 Å². The molecule has 0 spiro atoms. The molecule has 9 heteroatoms. The van der Waals surface area contributed by atoms with Crippen LogP contribution in [0.3, 0.4) is 0 Å². The van der Waals surface area contributed by atoms with E-state index in [0.717, 1.165) is 22.4 Å². The van der Waals surface area contributed by atoms with Gasteiger partial charge in [0.05, 0.1) is 5.70 Å². The van der Waals surface area contributed by atoms with E-state index in [9.17, 15) is 4.39 Å². The smallest absolute Gasteiger partial charge is 0.248 e. The maximum Gasteiger partial charge on any atom is 0.248 e. The lowest BCUT2D eigenvalue weighted by Gasteiger charge is -2.38. The number of benzene rings is 2. The average molecular weight is 433 g/mol. The van der Waals surface area contributed by atoms with E-state index in [1.54, 1.807) is 29.2 Å². The second-order valence-electron chi connectivity index (χ2n) is 7.28. The molecular formula is C22H14ClFN6O. The standard InChI is InChI=1S/C22H14ClFN6O/c23-14-6-7-17-16(10-14)19-18(21(31-17)12-3-1-5-15(24)9-12)20(13-4-2-8-25-11-13)30-22(26-19)27-28-29-30/h1-11,20-21H,(H,26,27,29)/t20-,21+/m1/s1. The van der Waals surface area contributed by atoms with Gasteiger partial charge in [-0.15, -0.1) is 0 Å².